The number of rotatable bonds is 10. The van der Waals surface area contributed by atoms with Crippen LogP contribution in [0.5, 0.6) is 0 Å². The van der Waals surface area contributed by atoms with E-state index in [1.54, 1.807) is 13.3 Å². The highest BCUT2D eigenvalue weighted by Crippen LogP contribution is 2.29. The van der Waals surface area contributed by atoms with E-state index in [1.807, 2.05) is 18.3 Å². The molecule has 2 aliphatic rings. The van der Waals surface area contributed by atoms with Crippen molar-refractivity contribution in [2.45, 2.75) is 63.6 Å². The van der Waals surface area contributed by atoms with Crippen molar-refractivity contribution >= 4 is 11.8 Å². The number of anilines is 2. The van der Waals surface area contributed by atoms with Crippen molar-refractivity contribution in [3.05, 3.63) is 24.5 Å². The monoisotopic (exact) mass is 411 g/mol. The summed E-state index contributed by atoms with van der Waals surface area (Å²) in [6, 6.07) is 5.29. The van der Waals surface area contributed by atoms with Crippen molar-refractivity contribution in [1.29, 1.82) is 0 Å². The van der Waals surface area contributed by atoms with Crippen molar-refractivity contribution in [1.82, 2.24) is 25.5 Å². The van der Waals surface area contributed by atoms with Gasteiger partial charge in [-0.1, -0.05) is 0 Å². The van der Waals surface area contributed by atoms with E-state index in [4.69, 9.17) is 9.72 Å². The number of ether oxygens (including phenoxy) is 1. The van der Waals surface area contributed by atoms with Gasteiger partial charge in [0, 0.05) is 43.5 Å². The van der Waals surface area contributed by atoms with E-state index in [-0.39, 0.29) is 0 Å². The Morgan fingerprint density at radius 1 is 1.13 bits per heavy atom. The maximum atomic E-state index is 5.22. The van der Waals surface area contributed by atoms with Gasteiger partial charge in [-0.3, -0.25) is 0 Å². The quantitative estimate of drug-likeness (QED) is 0.549. The van der Waals surface area contributed by atoms with Gasteiger partial charge in [-0.05, 0) is 63.5 Å². The molecule has 3 N–H and O–H groups in total. The van der Waals surface area contributed by atoms with Crippen molar-refractivity contribution in [3.8, 4) is 11.3 Å². The molecule has 0 saturated heterocycles. The lowest BCUT2D eigenvalue weighted by Crippen LogP contribution is -2.43. The molecule has 2 aliphatic carbocycles. The summed E-state index contributed by atoms with van der Waals surface area (Å²) in [4.78, 5) is 9.16. The van der Waals surface area contributed by atoms with E-state index in [2.05, 4.69) is 38.1 Å². The fourth-order valence-corrected chi connectivity index (χ4v) is 4.04. The van der Waals surface area contributed by atoms with Gasteiger partial charge in [-0.2, -0.15) is 5.10 Å². The molecule has 0 amide bonds. The van der Waals surface area contributed by atoms with E-state index < -0.39 is 0 Å². The molecule has 0 bridgehead atoms. The number of hydrogen-bond donors (Lipinski definition) is 3. The van der Waals surface area contributed by atoms with Crippen LogP contribution in [0.3, 0.4) is 0 Å². The molecule has 2 aromatic heterocycles. The van der Waals surface area contributed by atoms with Gasteiger partial charge in [0.15, 0.2) is 0 Å². The Bertz CT molecular complexity index is 806. The van der Waals surface area contributed by atoms with Gasteiger partial charge in [-0.15, -0.1) is 5.10 Å². The number of methoxy groups -OCH3 is 1. The van der Waals surface area contributed by atoms with Crippen molar-refractivity contribution < 1.29 is 4.74 Å². The molecule has 1 atom stereocenters. The van der Waals surface area contributed by atoms with Crippen LogP contribution in [0.4, 0.5) is 11.8 Å². The molecule has 2 aromatic rings. The largest absolute Gasteiger partial charge is 0.383 e. The Morgan fingerprint density at radius 2 is 1.93 bits per heavy atom. The Kier molecular flexibility index (Phi) is 7.07. The van der Waals surface area contributed by atoms with Gasteiger partial charge in [0.05, 0.1) is 18.5 Å². The van der Waals surface area contributed by atoms with Crippen LogP contribution in [0.2, 0.25) is 0 Å². The lowest BCUT2D eigenvalue weighted by molar-refractivity contribution is 0.161. The van der Waals surface area contributed by atoms with Crippen LogP contribution < -0.4 is 16.0 Å². The third-order valence-corrected chi connectivity index (χ3v) is 5.87. The molecule has 8 heteroatoms. The number of hydrogen-bond acceptors (Lipinski definition) is 8. The first-order valence-corrected chi connectivity index (χ1v) is 11.1. The van der Waals surface area contributed by atoms with Gasteiger partial charge < -0.3 is 20.7 Å². The first-order chi connectivity index (χ1) is 14.7. The number of aromatic nitrogens is 4. The summed E-state index contributed by atoms with van der Waals surface area (Å²) in [5, 5.41) is 18.9. The summed E-state index contributed by atoms with van der Waals surface area (Å²) in [6.45, 7) is 3.89. The zero-order valence-corrected chi connectivity index (χ0v) is 18.0. The predicted molar refractivity (Wildman–Crippen MR) is 118 cm³/mol. The van der Waals surface area contributed by atoms with E-state index in [0.29, 0.717) is 24.1 Å². The number of nitrogens with one attached hydrogen (secondary N) is 3. The van der Waals surface area contributed by atoms with E-state index >= 15 is 0 Å². The molecule has 2 saturated carbocycles. The molecule has 0 aromatic carbocycles. The van der Waals surface area contributed by atoms with Crippen molar-refractivity contribution in [2.24, 2.45) is 5.92 Å². The summed E-state index contributed by atoms with van der Waals surface area (Å²) in [5.74, 6) is 2.28. The summed E-state index contributed by atoms with van der Waals surface area (Å²) in [6.07, 6.45) is 10.7. The zero-order chi connectivity index (χ0) is 20.8. The standard InChI is InChI=1S/C22H33N7O/c1-15(14-30-2)26-18-5-7-19(8-6-18)27-22-23-10-9-20(28-22)17-11-21(29-25-13-17)24-12-16-3-4-16/h9-11,13,15-16,18-19,26H,3-8,12,14H2,1-2H3,(H,24,29)(H,23,27,28). The maximum absolute atomic E-state index is 5.22. The van der Waals surface area contributed by atoms with E-state index in [1.165, 1.54) is 12.8 Å². The second kappa shape index (κ2) is 10.1. The Labute approximate surface area is 178 Å². The molecule has 0 aliphatic heterocycles. The van der Waals surface area contributed by atoms with Crippen molar-refractivity contribution in [2.75, 3.05) is 30.9 Å². The minimum atomic E-state index is 0.391. The van der Waals surface area contributed by atoms with Crippen LogP contribution in [-0.4, -0.2) is 58.6 Å². The molecule has 8 nitrogen and oxygen atoms in total. The highest BCUT2D eigenvalue weighted by molar-refractivity contribution is 5.62. The van der Waals surface area contributed by atoms with Crippen molar-refractivity contribution in [3.63, 3.8) is 0 Å². The van der Waals surface area contributed by atoms with Gasteiger partial charge in [0.1, 0.15) is 5.82 Å². The molecule has 2 heterocycles. The predicted octanol–water partition coefficient (Wildman–Crippen LogP) is 3.10. The molecule has 0 radical (unpaired) electrons. The third-order valence-electron chi connectivity index (χ3n) is 5.87. The van der Waals surface area contributed by atoms with Gasteiger partial charge in [0.25, 0.3) is 0 Å². The van der Waals surface area contributed by atoms with Crippen LogP contribution >= 0.6 is 0 Å². The van der Waals surface area contributed by atoms with Crippen LogP contribution in [-0.2, 0) is 4.74 Å². The molecule has 0 spiro atoms. The smallest absolute Gasteiger partial charge is 0.223 e. The van der Waals surface area contributed by atoms with Crippen LogP contribution in [0.1, 0.15) is 45.4 Å². The minimum Gasteiger partial charge on any atom is -0.383 e. The lowest BCUT2D eigenvalue weighted by Gasteiger charge is -2.31. The lowest BCUT2D eigenvalue weighted by atomic mass is 9.91. The zero-order valence-electron chi connectivity index (χ0n) is 18.0. The Hall–Kier alpha value is -2.32. The molecule has 2 fully saturated rings. The maximum Gasteiger partial charge on any atom is 0.223 e. The molecular formula is C22H33N7O. The molecule has 1 unspecified atom stereocenters. The summed E-state index contributed by atoms with van der Waals surface area (Å²) >= 11 is 0. The normalized spacial score (nSPS) is 22.5. The number of nitrogens with zero attached hydrogens (tertiary/aromatic N) is 4. The Balaban J connectivity index is 1.31. The SMILES string of the molecule is COCC(C)NC1CCC(Nc2nccc(-c3cnnc(NCC4CC4)c3)n2)CC1. The first kappa shape index (κ1) is 20.9. The second-order valence-electron chi connectivity index (χ2n) is 8.64. The van der Waals surface area contributed by atoms with Gasteiger partial charge in [0.2, 0.25) is 5.95 Å². The second-order valence-corrected chi connectivity index (χ2v) is 8.64. The van der Waals surface area contributed by atoms with Crippen LogP contribution in [0.15, 0.2) is 24.5 Å². The van der Waals surface area contributed by atoms with E-state index in [0.717, 1.165) is 61.8 Å². The Morgan fingerprint density at radius 3 is 2.70 bits per heavy atom. The molecular weight excluding hydrogens is 378 g/mol. The average Bonchev–Trinajstić information content (AvgIpc) is 3.59. The fraction of sp³-hybridized carbons (Fsp3) is 0.636. The average molecular weight is 412 g/mol. The van der Waals surface area contributed by atoms with Crippen LogP contribution in [0, 0.1) is 5.92 Å². The minimum absolute atomic E-state index is 0.391. The van der Waals surface area contributed by atoms with E-state index in [9.17, 15) is 0 Å². The van der Waals surface area contributed by atoms with Crippen LogP contribution in [0.25, 0.3) is 11.3 Å². The third kappa shape index (κ3) is 6.09. The molecule has 162 valence electrons. The molecule has 30 heavy (non-hydrogen) atoms. The van der Waals surface area contributed by atoms with Gasteiger partial charge in [-0.25, -0.2) is 9.97 Å². The fourth-order valence-electron chi connectivity index (χ4n) is 4.04. The summed E-state index contributed by atoms with van der Waals surface area (Å²) < 4.78 is 5.22. The molecule has 4 rings (SSSR count). The first-order valence-electron chi connectivity index (χ1n) is 11.1. The summed E-state index contributed by atoms with van der Waals surface area (Å²) in [5.41, 5.74) is 1.81. The summed E-state index contributed by atoms with van der Waals surface area (Å²) in [7, 11) is 1.75. The highest BCUT2D eigenvalue weighted by Gasteiger charge is 2.23. The topological polar surface area (TPSA) is 96.9 Å². The van der Waals surface area contributed by atoms with Gasteiger partial charge >= 0.3 is 0 Å². The highest BCUT2D eigenvalue weighted by atomic mass is 16.5.